The third-order valence-electron chi connectivity index (χ3n) is 3.20. The van der Waals surface area contributed by atoms with Gasteiger partial charge in [0.25, 0.3) is 0 Å². The van der Waals surface area contributed by atoms with E-state index < -0.39 is 5.97 Å². The van der Waals surface area contributed by atoms with Gasteiger partial charge in [0.15, 0.2) is 0 Å². The summed E-state index contributed by atoms with van der Waals surface area (Å²) in [5, 5.41) is 9.07. The van der Waals surface area contributed by atoms with Gasteiger partial charge >= 0.3 is 11.9 Å². The first-order valence-electron chi connectivity index (χ1n) is 7.58. The van der Waals surface area contributed by atoms with Crippen LogP contribution in [0.1, 0.15) is 31.4 Å². The molecule has 0 fully saturated rings. The second-order valence-electron chi connectivity index (χ2n) is 5.09. The molecule has 5 heteroatoms. The minimum atomic E-state index is -0.742. The van der Waals surface area contributed by atoms with Gasteiger partial charge < -0.3 is 9.84 Å². The second kappa shape index (κ2) is 13.0. The Morgan fingerprint density at radius 1 is 0.960 bits per heavy atom. The number of aliphatic carboxylic acids is 1. The molecule has 0 bridgehead atoms. The first kappa shape index (κ1) is 22.7. The van der Waals surface area contributed by atoms with Gasteiger partial charge in [0.2, 0.25) is 0 Å². The Morgan fingerprint density at radius 3 is 2.12 bits per heavy atom. The lowest BCUT2D eigenvalue weighted by Crippen LogP contribution is -2.01. The van der Waals surface area contributed by atoms with Crippen LogP contribution in [0, 0.1) is 0 Å². The van der Waals surface area contributed by atoms with Crippen LogP contribution in [0.25, 0.3) is 0 Å². The van der Waals surface area contributed by atoms with Crippen molar-refractivity contribution in [2.24, 2.45) is 0 Å². The fourth-order valence-corrected chi connectivity index (χ4v) is 2.15. The number of aryl methyl sites for hydroxylation is 2. The van der Waals surface area contributed by atoms with E-state index in [2.05, 4.69) is 4.74 Å². The van der Waals surface area contributed by atoms with Crippen molar-refractivity contribution in [2.45, 2.75) is 33.1 Å². The van der Waals surface area contributed by atoms with E-state index in [1.54, 1.807) is 0 Å². The summed E-state index contributed by atoms with van der Waals surface area (Å²) >= 11 is 5.78. The zero-order chi connectivity index (χ0) is 17.8. The predicted molar refractivity (Wildman–Crippen MR) is 101 cm³/mol. The fraction of sp³-hybridized carbons (Fsp3) is 0.300. The topological polar surface area (TPSA) is 63.6 Å². The number of carboxylic acids is 1. The molecule has 0 amide bonds. The maximum absolute atomic E-state index is 10.8. The van der Waals surface area contributed by atoms with Crippen LogP contribution in [-0.4, -0.2) is 24.2 Å². The van der Waals surface area contributed by atoms with Gasteiger partial charge in [-0.1, -0.05) is 61.5 Å². The van der Waals surface area contributed by atoms with E-state index in [1.807, 2.05) is 54.6 Å². The average molecular weight is 365 g/mol. The second-order valence-corrected chi connectivity index (χ2v) is 5.52. The molecule has 4 nitrogen and oxygen atoms in total. The van der Waals surface area contributed by atoms with E-state index in [4.69, 9.17) is 16.7 Å². The van der Waals surface area contributed by atoms with E-state index in [1.165, 1.54) is 7.11 Å². The highest BCUT2D eigenvalue weighted by Gasteiger charge is 2.01. The van der Waals surface area contributed by atoms with Crippen LogP contribution >= 0.6 is 11.6 Å². The van der Waals surface area contributed by atoms with Crippen LogP contribution < -0.4 is 0 Å². The number of carboxylic acid groups (broad SMARTS) is 1. The molecule has 0 aliphatic carbocycles. The lowest BCUT2D eigenvalue weighted by atomic mass is 10.1. The minimum absolute atomic E-state index is 0. The van der Waals surface area contributed by atoms with Crippen molar-refractivity contribution in [2.75, 3.05) is 7.11 Å². The minimum Gasteiger partial charge on any atom is -0.481 e. The fourth-order valence-electron chi connectivity index (χ4n) is 1.94. The first-order valence-corrected chi connectivity index (χ1v) is 7.96. The lowest BCUT2D eigenvalue weighted by molar-refractivity contribution is -0.140. The molecule has 0 spiro atoms. The quantitative estimate of drug-likeness (QED) is 0.749. The number of hydrogen-bond donors (Lipinski definition) is 1. The van der Waals surface area contributed by atoms with Crippen molar-refractivity contribution in [1.82, 2.24) is 0 Å². The standard InChI is InChI=1S/C10H11ClO2.C9H10O2.CH4/c1-13-10(12)6-5-8-3-2-4-9(11)7-8;10-9(11)7-6-8-4-2-1-3-5-8;/h2-4,7H,5-6H2,1H3;1-5H,6-7H2,(H,10,11);1H4. The molecular weight excluding hydrogens is 340 g/mol. The number of benzene rings is 2. The van der Waals surface area contributed by atoms with E-state index >= 15 is 0 Å². The van der Waals surface area contributed by atoms with Crippen molar-refractivity contribution in [1.29, 1.82) is 0 Å². The molecule has 2 rings (SSSR count). The number of ether oxygens (including phenoxy) is 1. The Kier molecular flexibility index (Phi) is 11.8. The number of rotatable bonds is 6. The van der Waals surface area contributed by atoms with Gasteiger partial charge in [0, 0.05) is 17.9 Å². The Hall–Kier alpha value is -2.33. The van der Waals surface area contributed by atoms with Crippen molar-refractivity contribution in [3.05, 3.63) is 70.7 Å². The summed E-state index contributed by atoms with van der Waals surface area (Å²) in [6, 6.07) is 17.1. The zero-order valence-electron chi connectivity index (χ0n) is 13.6. The molecule has 2 aromatic rings. The highest BCUT2D eigenvalue weighted by Crippen LogP contribution is 2.12. The molecule has 136 valence electrons. The molecule has 0 aromatic heterocycles. The number of esters is 1. The molecule has 2 aromatic carbocycles. The molecule has 0 radical (unpaired) electrons. The van der Waals surface area contributed by atoms with Crippen LogP contribution in [0.4, 0.5) is 0 Å². The van der Waals surface area contributed by atoms with Gasteiger partial charge in [-0.2, -0.15) is 0 Å². The summed E-state index contributed by atoms with van der Waals surface area (Å²) in [6.45, 7) is 0. The molecule has 25 heavy (non-hydrogen) atoms. The zero-order valence-corrected chi connectivity index (χ0v) is 14.3. The summed E-state index contributed by atoms with van der Waals surface area (Å²) in [5.74, 6) is -0.936. The third-order valence-corrected chi connectivity index (χ3v) is 3.44. The molecule has 0 heterocycles. The Bertz CT molecular complexity index is 641. The number of methoxy groups -OCH3 is 1. The van der Waals surface area contributed by atoms with Gasteiger partial charge in [-0.25, -0.2) is 0 Å². The predicted octanol–water partition coefficient (Wildman–Crippen LogP) is 4.79. The van der Waals surface area contributed by atoms with Crippen LogP contribution in [0.2, 0.25) is 5.02 Å². The number of carbonyl (C=O) groups excluding carboxylic acids is 1. The monoisotopic (exact) mass is 364 g/mol. The Labute approximate surface area is 154 Å². The third kappa shape index (κ3) is 11.0. The molecule has 0 aliphatic heterocycles. The summed E-state index contributed by atoms with van der Waals surface area (Å²) < 4.78 is 4.53. The normalized spacial score (nSPS) is 9.20. The van der Waals surface area contributed by atoms with E-state index in [0.29, 0.717) is 24.3 Å². The SMILES string of the molecule is C.COC(=O)CCc1cccc(Cl)c1.O=C(O)CCc1ccccc1. The van der Waals surface area contributed by atoms with Crippen LogP contribution in [0.5, 0.6) is 0 Å². The van der Waals surface area contributed by atoms with Crippen LogP contribution in [0.15, 0.2) is 54.6 Å². The van der Waals surface area contributed by atoms with Gasteiger partial charge in [-0.3, -0.25) is 9.59 Å². The summed E-state index contributed by atoms with van der Waals surface area (Å²) in [5.41, 5.74) is 2.13. The highest BCUT2D eigenvalue weighted by atomic mass is 35.5. The molecule has 0 unspecified atom stereocenters. The summed E-state index contributed by atoms with van der Waals surface area (Å²) in [6.07, 6.45) is 1.91. The van der Waals surface area contributed by atoms with Crippen molar-refractivity contribution >= 4 is 23.5 Å². The Balaban J connectivity index is 0.000000449. The van der Waals surface area contributed by atoms with E-state index in [9.17, 15) is 9.59 Å². The molecular formula is C20H25ClO4. The molecule has 0 saturated carbocycles. The highest BCUT2D eigenvalue weighted by molar-refractivity contribution is 6.30. The van der Waals surface area contributed by atoms with Gasteiger partial charge in [-0.15, -0.1) is 0 Å². The van der Waals surface area contributed by atoms with E-state index in [0.717, 1.165) is 11.1 Å². The van der Waals surface area contributed by atoms with Crippen molar-refractivity contribution < 1.29 is 19.4 Å². The Morgan fingerprint density at radius 2 is 1.56 bits per heavy atom. The van der Waals surface area contributed by atoms with Gasteiger partial charge in [0.05, 0.1) is 7.11 Å². The van der Waals surface area contributed by atoms with Crippen LogP contribution in [-0.2, 0) is 27.2 Å². The lowest BCUT2D eigenvalue weighted by Gasteiger charge is -2.00. The smallest absolute Gasteiger partial charge is 0.305 e. The van der Waals surface area contributed by atoms with Gasteiger partial charge in [-0.05, 0) is 36.1 Å². The molecule has 0 atom stereocenters. The van der Waals surface area contributed by atoms with Crippen molar-refractivity contribution in [3.63, 3.8) is 0 Å². The molecule has 0 aliphatic rings. The largest absolute Gasteiger partial charge is 0.481 e. The number of halogens is 1. The van der Waals surface area contributed by atoms with Crippen LogP contribution in [0.3, 0.4) is 0 Å². The number of carbonyl (C=O) groups is 2. The maximum Gasteiger partial charge on any atom is 0.305 e. The summed E-state index contributed by atoms with van der Waals surface area (Å²) in [4.78, 5) is 21.0. The number of hydrogen-bond acceptors (Lipinski definition) is 3. The van der Waals surface area contributed by atoms with E-state index in [-0.39, 0.29) is 19.8 Å². The summed E-state index contributed by atoms with van der Waals surface area (Å²) in [7, 11) is 1.39. The average Bonchev–Trinajstić information content (AvgIpc) is 2.59. The first-order chi connectivity index (χ1) is 11.5. The van der Waals surface area contributed by atoms with Gasteiger partial charge in [0.1, 0.15) is 0 Å². The molecule has 0 saturated heterocycles. The van der Waals surface area contributed by atoms with Crippen molar-refractivity contribution in [3.8, 4) is 0 Å². The molecule has 1 N–H and O–H groups in total. The maximum atomic E-state index is 10.8.